The number of aliphatic imine (C=N–C) groups is 1. The number of hydrogen-bond acceptors (Lipinski definition) is 4. The van der Waals surface area contributed by atoms with E-state index < -0.39 is 6.23 Å². The maximum atomic E-state index is 10.6. The minimum atomic E-state index is -0.543. The molecule has 1 N–H and O–H groups in total. The second-order valence-corrected chi connectivity index (χ2v) is 6.35. The predicted octanol–water partition coefficient (Wildman–Crippen LogP) is 2.26. The van der Waals surface area contributed by atoms with Crippen LogP contribution >= 0.6 is 15.9 Å². The molecule has 2 atom stereocenters. The van der Waals surface area contributed by atoms with Crippen molar-refractivity contribution in [3.05, 3.63) is 28.2 Å². The van der Waals surface area contributed by atoms with Crippen molar-refractivity contribution in [3.63, 3.8) is 0 Å². The number of piperazine rings is 1. The number of aliphatic hydroxyl groups excluding tert-OH is 1. The SMILES string of the molecule is OC1c2ccc(Br)cc2N=C2C3CCCN3CCN21. The van der Waals surface area contributed by atoms with Gasteiger partial charge in [-0.1, -0.05) is 22.0 Å². The number of amidine groups is 1. The zero-order valence-electron chi connectivity index (χ0n) is 10.6. The standard InChI is InChI=1S/C14H16BrN3O/c15-9-3-4-10-11(8-9)16-13-12-2-1-5-17(12)6-7-18(13)14(10)19/h3-4,8,12,14,19H,1-2,5-7H2. The normalized spacial score (nSPS) is 29.6. The fraction of sp³-hybridized carbons (Fsp3) is 0.500. The van der Waals surface area contributed by atoms with Crippen molar-refractivity contribution in [3.8, 4) is 0 Å². The summed E-state index contributed by atoms with van der Waals surface area (Å²) in [6, 6.07) is 6.33. The molecular formula is C14H16BrN3O. The van der Waals surface area contributed by atoms with E-state index in [0.29, 0.717) is 6.04 Å². The van der Waals surface area contributed by atoms with Crippen molar-refractivity contribution in [1.82, 2.24) is 9.80 Å². The smallest absolute Gasteiger partial charge is 0.156 e. The summed E-state index contributed by atoms with van der Waals surface area (Å²) in [5.41, 5.74) is 1.82. The van der Waals surface area contributed by atoms with Gasteiger partial charge in [-0.05, 0) is 31.5 Å². The molecule has 0 aromatic heterocycles. The van der Waals surface area contributed by atoms with Gasteiger partial charge in [0.05, 0.1) is 11.7 Å². The van der Waals surface area contributed by atoms with Crippen molar-refractivity contribution >= 4 is 27.5 Å². The molecule has 1 aromatic carbocycles. The van der Waals surface area contributed by atoms with Crippen molar-refractivity contribution in [2.75, 3.05) is 19.6 Å². The Morgan fingerprint density at radius 2 is 2.16 bits per heavy atom. The molecule has 0 saturated carbocycles. The van der Waals surface area contributed by atoms with Crippen LogP contribution in [0.1, 0.15) is 24.6 Å². The third kappa shape index (κ3) is 1.75. The van der Waals surface area contributed by atoms with Gasteiger partial charge in [-0.15, -0.1) is 0 Å². The molecule has 0 spiro atoms. The summed E-state index contributed by atoms with van der Waals surface area (Å²) in [6.45, 7) is 3.07. The molecule has 2 fully saturated rings. The summed E-state index contributed by atoms with van der Waals surface area (Å²) in [7, 11) is 0. The van der Waals surface area contributed by atoms with Gasteiger partial charge < -0.3 is 10.0 Å². The number of benzene rings is 1. The van der Waals surface area contributed by atoms with Crippen LogP contribution < -0.4 is 0 Å². The van der Waals surface area contributed by atoms with Crippen LogP contribution in [0.5, 0.6) is 0 Å². The van der Waals surface area contributed by atoms with Crippen LogP contribution in [0.2, 0.25) is 0 Å². The van der Waals surface area contributed by atoms with Gasteiger partial charge >= 0.3 is 0 Å². The maximum absolute atomic E-state index is 10.6. The summed E-state index contributed by atoms with van der Waals surface area (Å²) < 4.78 is 1.01. The Labute approximate surface area is 120 Å². The molecule has 19 heavy (non-hydrogen) atoms. The Morgan fingerprint density at radius 3 is 3.05 bits per heavy atom. The maximum Gasteiger partial charge on any atom is 0.156 e. The van der Waals surface area contributed by atoms with Crippen molar-refractivity contribution in [1.29, 1.82) is 0 Å². The summed E-state index contributed by atoms with van der Waals surface area (Å²) >= 11 is 3.48. The van der Waals surface area contributed by atoms with Gasteiger partial charge in [0, 0.05) is 23.1 Å². The highest BCUT2D eigenvalue weighted by Gasteiger charge is 2.40. The van der Waals surface area contributed by atoms with E-state index in [-0.39, 0.29) is 0 Å². The van der Waals surface area contributed by atoms with Crippen LogP contribution in [0.4, 0.5) is 5.69 Å². The Balaban J connectivity index is 1.83. The largest absolute Gasteiger partial charge is 0.369 e. The number of halogens is 1. The fourth-order valence-corrected chi connectivity index (χ4v) is 3.79. The molecule has 0 radical (unpaired) electrons. The zero-order valence-corrected chi connectivity index (χ0v) is 12.2. The molecule has 2 unspecified atom stereocenters. The highest BCUT2D eigenvalue weighted by molar-refractivity contribution is 9.10. The summed E-state index contributed by atoms with van der Waals surface area (Å²) in [5.74, 6) is 1.06. The predicted molar refractivity (Wildman–Crippen MR) is 77.5 cm³/mol. The molecule has 1 aromatic rings. The van der Waals surface area contributed by atoms with E-state index in [1.165, 1.54) is 13.0 Å². The molecule has 5 heteroatoms. The first-order valence-corrected chi connectivity index (χ1v) is 7.60. The average molecular weight is 322 g/mol. The highest BCUT2D eigenvalue weighted by Crippen LogP contribution is 2.39. The molecular weight excluding hydrogens is 306 g/mol. The van der Waals surface area contributed by atoms with Gasteiger partial charge in [-0.3, -0.25) is 4.90 Å². The van der Waals surface area contributed by atoms with Crippen LogP contribution in [0, 0.1) is 0 Å². The number of nitrogens with zero attached hydrogens (tertiary/aromatic N) is 3. The second kappa shape index (κ2) is 4.30. The second-order valence-electron chi connectivity index (χ2n) is 5.43. The third-order valence-electron chi connectivity index (χ3n) is 4.38. The lowest BCUT2D eigenvalue weighted by Gasteiger charge is -2.44. The molecule has 4 rings (SSSR count). The number of fused-ring (bicyclic) bond motifs is 4. The average Bonchev–Trinajstić information content (AvgIpc) is 2.87. The van der Waals surface area contributed by atoms with E-state index in [0.717, 1.165) is 41.1 Å². The Kier molecular flexibility index (Phi) is 2.69. The molecule has 3 aliphatic heterocycles. The van der Waals surface area contributed by atoms with E-state index in [4.69, 9.17) is 4.99 Å². The van der Waals surface area contributed by atoms with Gasteiger partial charge in [0.2, 0.25) is 0 Å². The monoisotopic (exact) mass is 321 g/mol. The minimum absolute atomic E-state index is 0.399. The zero-order chi connectivity index (χ0) is 13.0. The van der Waals surface area contributed by atoms with Gasteiger partial charge in [-0.25, -0.2) is 4.99 Å². The lowest BCUT2D eigenvalue weighted by atomic mass is 10.0. The molecule has 0 bridgehead atoms. The van der Waals surface area contributed by atoms with E-state index in [1.807, 2.05) is 18.2 Å². The summed E-state index contributed by atoms with van der Waals surface area (Å²) in [5, 5.41) is 10.6. The topological polar surface area (TPSA) is 39.1 Å². The van der Waals surface area contributed by atoms with Crippen LogP contribution in [0.25, 0.3) is 0 Å². The summed E-state index contributed by atoms with van der Waals surface area (Å²) in [4.78, 5) is 9.40. The number of hydrogen-bond donors (Lipinski definition) is 1. The molecule has 100 valence electrons. The van der Waals surface area contributed by atoms with Crippen LogP contribution in [-0.2, 0) is 0 Å². The molecule has 3 aliphatic rings. The molecule has 0 amide bonds. The van der Waals surface area contributed by atoms with Crippen LogP contribution in [-0.4, -0.2) is 46.4 Å². The lowest BCUT2D eigenvalue weighted by Crippen LogP contribution is -2.56. The Bertz CT molecular complexity index is 560. The Morgan fingerprint density at radius 1 is 1.26 bits per heavy atom. The highest BCUT2D eigenvalue weighted by atomic mass is 79.9. The third-order valence-corrected chi connectivity index (χ3v) is 4.88. The van der Waals surface area contributed by atoms with Crippen LogP contribution in [0.3, 0.4) is 0 Å². The van der Waals surface area contributed by atoms with Crippen LogP contribution in [0.15, 0.2) is 27.7 Å². The van der Waals surface area contributed by atoms with Gasteiger partial charge in [0.25, 0.3) is 0 Å². The van der Waals surface area contributed by atoms with Gasteiger partial charge in [0.1, 0.15) is 5.84 Å². The first-order chi connectivity index (χ1) is 9.24. The Hall–Kier alpha value is -0.910. The van der Waals surface area contributed by atoms with E-state index >= 15 is 0 Å². The molecule has 0 aliphatic carbocycles. The molecule has 4 nitrogen and oxygen atoms in total. The first kappa shape index (κ1) is 11.9. The van der Waals surface area contributed by atoms with Gasteiger partial charge in [-0.2, -0.15) is 0 Å². The quantitative estimate of drug-likeness (QED) is 0.796. The van der Waals surface area contributed by atoms with E-state index in [1.54, 1.807) is 0 Å². The van der Waals surface area contributed by atoms with E-state index in [9.17, 15) is 5.11 Å². The first-order valence-electron chi connectivity index (χ1n) is 6.81. The molecule has 2 saturated heterocycles. The van der Waals surface area contributed by atoms with Crippen molar-refractivity contribution in [2.45, 2.75) is 25.1 Å². The van der Waals surface area contributed by atoms with Crippen molar-refractivity contribution < 1.29 is 5.11 Å². The van der Waals surface area contributed by atoms with Crippen molar-refractivity contribution in [2.24, 2.45) is 4.99 Å². The van der Waals surface area contributed by atoms with E-state index in [2.05, 4.69) is 25.7 Å². The van der Waals surface area contributed by atoms with Gasteiger partial charge in [0.15, 0.2) is 6.23 Å². The lowest BCUT2D eigenvalue weighted by molar-refractivity contribution is 0.0268. The minimum Gasteiger partial charge on any atom is -0.369 e. The number of aliphatic hydroxyl groups is 1. The summed E-state index contributed by atoms with van der Waals surface area (Å²) in [6.07, 6.45) is 1.85. The molecule has 3 heterocycles. The fourth-order valence-electron chi connectivity index (χ4n) is 3.44. The number of rotatable bonds is 0.